The smallest absolute Gasteiger partial charge is 0.408 e. The third-order valence-electron chi connectivity index (χ3n) is 3.07. The van der Waals surface area contributed by atoms with E-state index in [0.29, 0.717) is 18.5 Å². The Morgan fingerprint density at radius 1 is 1.42 bits per heavy atom. The van der Waals surface area contributed by atoms with Crippen LogP contribution in [-0.4, -0.2) is 17.0 Å². The first-order chi connectivity index (χ1) is 9.11. The Balaban J connectivity index is 2.02. The predicted octanol–water partition coefficient (Wildman–Crippen LogP) is 1.59. The van der Waals surface area contributed by atoms with E-state index in [1.165, 1.54) is 4.57 Å². The van der Waals surface area contributed by atoms with Gasteiger partial charge in [0, 0.05) is 20.0 Å². The number of aromatic nitrogens is 1. The summed E-state index contributed by atoms with van der Waals surface area (Å²) in [5, 5.41) is 2.86. The summed E-state index contributed by atoms with van der Waals surface area (Å²) in [6.07, 6.45) is 2.14. The molecular formula is C14H18N2O3. The molecule has 1 amide bonds. The second-order valence-corrected chi connectivity index (χ2v) is 4.58. The largest absolute Gasteiger partial charge is 0.419 e. The van der Waals surface area contributed by atoms with Gasteiger partial charge >= 0.3 is 5.76 Å². The first-order valence-corrected chi connectivity index (χ1v) is 6.47. The number of aryl methyl sites for hydroxylation is 1. The maximum Gasteiger partial charge on any atom is 0.419 e. The van der Waals surface area contributed by atoms with Gasteiger partial charge in [-0.25, -0.2) is 4.79 Å². The van der Waals surface area contributed by atoms with E-state index in [9.17, 15) is 9.59 Å². The molecule has 102 valence electrons. The molecule has 0 unspecified atom stereocenters. The van der Waals surface area contributed by atoms with Crippen LogP contribution in [0.3, 0.4) is 0 Å². The maximum absolute atomic E-state index is 11.4. The molecule has 1 aromatic carbocycles. The summed E-state index contributed by atoms with van der Waals surface area (Å²) in [4.78, 5) is 22.7. The van der Waals surface area contributed by atoms with E-state index in [1.807, 2.05) is 25.1 Å². The Hall–Kier alpha value is -2.04. The van der Waals surface area contributed by atoms with Crippen molar-refractivity contribution in [2.24, 2.45) is 7.05 Å². The van der Waals surface area contributed by atoms with Crippen LogP contribution in [0.25, 0.3) is 11.1 Å². The fourth-order valence-corrected chi connectivity index (χ4v) is 2.00. The lowest BCUT2D eigenvalue weighted by Gasteiger charge is -2.04. The van der Waals surface area contributed by atoms with Gasteiger partial charge in [-0.2, -0.15) is 0 Å². The normalized spacial score (nSPS) is 10.8. The molecular weight excluding hydrogens is 244 g/mol. The zero-order valence-corrected chi connectivity index (χ0v) is 11.2. The third kappa shape index (κ3) is 3.05. The van der Waals surface area contributed by atoms with Crippen molar-refractivity contribution < 1.29 is 9.21 Å². The van der Waals surface area contributed by atoms with Crippen molar-refractivity contribution in [3.05, 3.63) is 34.3 Å². The zero-order chi connectivity index (χ0) is 13.8. The summed E-state index contributed by atoms with van der Waals surface area (Å²) in [6.45, 7) is 2.58. The molecule has 0 saturated carbocycles. The Bertz CT molecular complexity index is 640. The monoisotopic (exact) mass is 262 g/mol. The fraction of sp³-hybridized carbons (Fsp3) is 0.429. The molecule has 0 radical (unpaired) electrons. The number of carbonyl (C=O) groups excluding carboxylic acids is 1. The van der Waals surface area contributed by atoms with E-state index >= 15 is 0 Å². The fourth-order valence-electron chi connectivity index (χ4n) is 2.00. The number of carbonyl (C=O) groups is 1. The Morgan fingerprint density at radius 2 is 2.21 bits per heavy atom. The van der Waals surface area contributed by atoms with Crippen molar-refractivity contribution >= 4 is 17.0 Å². The number of amides is 1. The molecule has 0 aliphatic carbocycles. The number of hydrogen-bond acceptors (Lipinski definition) is 3. The molecule has 19 heavy (non-hydrogen) atoms. The van der Waals surface area contributed by atoms with Crippen LogP contribution in [-0.2, 0) is 18.3 Å². The molecule has 0 aliphatic heterocycles. The van der Waals surface area contributed by atoms with Crippen molar-refractivity contribution in [1.29, 1.82) is 0 Å². The second-order valence-electron chi connectivity index (χ2n) is 4.58. The molecule has 5 heteroatoms. The van der Waals surface area contributed by atoms with Crippen LogP contribution in [0.4, 0.5) is 0 Å². The van der Waals surface area contributed by atoms with Crippen molar-refractivity contribution in [2.45, 2.75) is 26.2 Å². The van der Waals surface area contributed by atoms with Gasteiger partial charge in [0.05, 0.1) is 5.52 Å². The molecule has 1 aromatic heterocycles. The van der Waals surface area contributed by atoms with E-state index in [1.54, 1.807) is 7.05 Å². The highest BCUT2D eigenvalue weighted by atomic mass is 16.4. The molecule has 2 aromatic rings. The van der Waals surface area contributed by atoms with Crippen LogP contribution in [0.5, 0.6) is 0 Å². The van der Waals surface area contributed by atoms with E-state index in [0.717, 1.165) is 23.9 Å². The number of nitrogens with one attached hydrogen (secondary N) is 1. The molecule has 2 rings (SSSR count). The first-order valence-electron chi connectivity index (χ1n) is 6.47. The van der Waals surface area contributed by atoms with Gasteiger partial charge in [0.2, 0.25) is 5.91 Å². The lowest BCUT2D eigenvalue weighted by Crippen LogP contribution is -2.25. The summed E-state index contributed by atoms with van der Waals surface area (Å²) < 4.78 is 6.60. The van der Waals surface area contributed by atoms with Gasteiger partial charge in [-0.15, -0.1) is 0 Å². The number of hydrogen-bond donors (Lipinski definition) is 1. The zero-order valence-electron chi connectivity index (χ0n) is 11.2. The minimum absolute atomic E-state index is 0.0785. The van der Waals surface area contributed by atoms with E-state index < -0.39 is 0 Å². The van der Waals surface area contributed by atoms with Crippen molar-refractivity contribution in [2.75, 3.05) is 6.54 Å². The molecule has 5 nitrogen and oxygen atoms in total. The van der Waals surface area contributed by atoms with Gasteiger partial charge in [0.25, 0.3) is 0 Å². The van der Waals surface area contributed by atoms with Gasteiger partial charge in [0.1, 0.15) is 0 Å². The van der Waals surface area contributed by atoms with Crippen LogP contribution in [0.15, 0.2) is 27.4 Å². The summed E-state index contributed by atoms with van der Waals surface area (Å²) in [6, 6.07) is 5.66. The average Bonchev–Trinajstić information content (AvgIpc) is 2.65. The quantitative estimate of drug-likeness (QED) is 0.890. The van der Waals surface area contributed by atoms with Crippen LogP contribution in [0.2, 0.25) is 0 Å². The summed E-state index contributed by atoms with van der Waals surface area (Å²) in [5.41, 5.74) is 2.41. The van der Waals surface area contributed by atoms with E-state index in [4.69, 9.17) is 4.42 Å². The Labute approximate surface area is 111 Å². The highest BCUT2D eigenvalue weighted by molar-refractivity contribution is 5.76. The van der Waals surface area contributed by atoms with Crippen molar-refractivity contribution in [3.63, 3.8) is 0 Å². The molecule has 0 saturated heterocycles. The SMILES string of the molecule is CCCC(=O)NCCc1ccc2c(c1)oc(=O)n2C. The minimum atomic E-state index is -0.358. The lowest BCUT2D eigenvalue weighted by molar-refractivity contribution is -0.121. The molecule has 0 aliphatic rings. The molecule has 0 fully saturated rings. The topological polar surface area (TPSA) is 64.2 Å². The lowest BCUT2D eigenvalue weighted by atomic mass is 10.1. The van der Waals surface area contributed by atoms with Gasteiger partial charge in [-0.05, 0) is 30.5 Å². The number of rotatable bonds is 5. The number of oxazole rings is 1. The van der Waals surface area contributed by atoms with Crippen molar-refractivity contribution in [1.82, 2.24) is 9.88 Å². The van der Waals surface area contributed by atoms with Gasteiger partial charge in [0.15, 0.2) is 5.58 Å². The average molecular weight is 262 g/mol. The summed E-state index contributed by atoms with van der Waals surface area (Å²) in [5.74, 6) is -0.279. The van der Waals surface area contributed by atoms with Gasteiger partial charge in [-0.3, -0.25) is 9.36 Å². The standard InChI is InChI=1S/C14H18N2O3/c1-3-4-13(17)15-8-7-10-5-6-11-12(9-10)19-14(18)16(11)2/h5-6,9H,3-4,7-8H2,1-2H3,(H,15,17). The summed E-state index contributed by atoms with van der Waals surface area (Å²) in [7, 11) is 1.68. The van der Waals surface area contributed by atoms with Crippen LogP contribution < -0.4 is 11.1 Å². The first kappa shape index (κ1) is 13.4. The van der Waals surface area contributed by atoms with Crippen molar-refractivity contribution in [3.8, 4) is 0 Å². The molecule has 0 atom stereocenters. The summed E-state index contributed by atoms with van der Waals surface area (Å²) >= 11 is 0. The molecule has 1 heterocycles. The van der Waals surface area contributed by atoms with Crippen LogP contribution >= 0.6 is 0 Å². The Kier molecular flexibility index (Phi) is 4.04. The van der Waals surface area contributed by atoms with Gasteiger partial charge in [-0.1, -0.05) is 13.0 Å². The molecule has 1 N–H and O–H groups in total. The Morgan fingerprint density at radius 3 is 2.95 bits per heavy atom. The van der Waals surface area contributed by atoms with E-state index in [-0.39, 0.29) is 11.7 Å². The highest BCUT2D eigenvalue weighted by Gasteiger charge is 2.06. The minimum Gasteiger partial charge on any atom is -0.408 e. The van der Waals surface area contributed by atoms with E-state index in [2.05, 4.69) is 5.32 Å². The number of nitrogens with zero attached hydrogens (tertiary/aromatic N) is 1. The third-order valence-corrected chi connectivity index (χ3v) is 3.07. The maximum atomic E-state index is 11.4. The highest BCUT2D eigenvalue weighted by Crippen LogP contribution is 2.14. The van der Waals surface area contributed by atoms with Crippen LogP contribution in [0.1, 0.15) is 25.3 Å². The predicted molar refractivity (Wildman–Crippen MR) is 73.1 cm³/mol. The molecule has 0 spiro atoms. The van der Waals surface area contributed by atoms with Gasteiger partial charge < -0.3 is 9.73 Å². The van der Waals surface area contributed by atoms with Crippen LogP contribution in [0, 0.1) is 0 Å². The number of fused-ring (bicyclic) bond motifs is 1. The molecule has 0 bridgehead atoms. The number of benzene rings is 1. The second kappa shape index (κ2) is 5.73.